The number of benzene rings is 2. The van der Waals surface area contributed by atoms with Crippen molar-refractivity contribution in [1.29, 1.82) is 0 Å². The standard InChI is InChI=1S/C24H26N4O4S/c1-15(2)16-4-8-19(9-5-16)31-14-21(29)25-24-27-26-23(32-24)17-12-22(30)28(13-17)18-6-10-20(33-3)11-7-18/h4-11,15,17H,12-14H2,1-3H3,(H,25,27,29). The number of carbonyl (C=O) groups excluding carboxylic acids is 2. The van der Waals surface area contributed by atoms with Gasteiger partial charge < -0.3 is 14.1 Å². The minimum atomic E-state index is -0.406. The summed E-state index contributed by atoms with van der Waals surface area (Å²) in [4.78, 5) is 27.6. The smallest absolute Gasteiger partial charge is 0.322 e. The molecule has 3 aromatic rings. The van der Waals surface area contributed by atoms with Crippen molar-refractivity contribution in [3.05, 3.63) is 60.0 Å². The molecule has 9 heteroatoms. The maximum atomic E-state index is 12.5. The summed E-state index contributed by atoms with van der Waals surface area (Å²) in [5.41, 5.74) is 2.04. The fourth-order valence-corrected chi connectivity index (χ4v) is 4.00. The van der Waals surface area contributed by atoms with Gasteiger partial charge in [-0.15, -0.1) is 16.9 Å². The van der Waals surface area contributed by atoms with Gasteiger partial charge in [0, 0.05) is 23.5 Å². The Morgan fingerprint density at radius 2 is 1.91 bits per heavy atom. The zero-order valence-electron chi connectivity index (χ0n) is 18.8. The van der Waals surface area contributed by atoms with E-state index in [4.69, 9.17) is 9.15 Å². The van der Waals surface area contributed by atoms with Crippen molar-refractivity contribution >= 4 is 35.3 Å². The molecular formula is C24H26N4O4S. The first-order valence-electron chi connectivity index (χ1n) is 10.7. The van der Waals surface area contributed by atoms with Crippen molar-refractivity contribution in [3.8, 4) is 5.75 Å². The van der Waals surface area contributed by atoms with E-state index in [1.165, 1.54) is 5.56 Å². The summed E-state index contributed by atoms with van der Waals surface area (Å²) in [6, 6.07) is 15.5. The number of nitrogens with zero attached hydrogens (tertiary/aromatic N) is 3. The van der Waals surface area contributed by atoms with E-state index in [0.29, 0.717) is 24.1 Å². The second-order valence-electron chi connectivity index (χ2n) is 8.11. The first-order valence-corrected chi connectivity index (χ1v) is 12.0. The van der Waals surface area contributed by atoms with Crippen molar-refractivity contribution in [2.75, 3.05) is 29.6 Å². The quantitative estimate of drug-likeness (QED) is 0.490. The molecule has 2 heterocycles. The van der Waals surface area contributed by atoms with Crippen LogP contribution in [0.4, 0.5) is 11.7 Å². The van der Waals surface area contributed by atoms with E-state index in [9.17, 15) is 9.59 Å². The predicted molar refractivity (Wildman–Crippen MR) is 127 cm³/mol. The summed E-state index contributed by atoms with van der Waals surface area (Å²) in [7, 11) is 0. The van der Waals surface area contributed by atoms with Crippen LogP contribution in [0.25, 0.3) is 0 Å². The Kier molecular flexibility index (Phi) is 6.98. The Bertz CT molecular complexity index is 1110. The van der Waals surface area contributed by atoms with E-state index in [0.717, 1.165) is 10.6 Å². The Balaban J connectivity index is 1.31. The summed E-state index contributed by atoms with van der Waals surface area (Å²) >= 11 is 1.65. The van der Waals surface area contributed by atoms with Gasteiger partial charge >= 0.3 is 6.01 Å². The van der Waals surface area contributed by atoms with Crippen molar-refractivity contribution in [1.82, 2.24) is 10.2 Å². The first kappa shape index (κ1) is 22.8. The summed E-state index contributed by atoms with van der Waals surface area (Å²) in [5.74, 6) is 0.723. The van der Waals surface area contributed by atoms with Crippen LogP contribution in [0.2, 0.25) is 0 Å². The summed E-state index contributed by atoms with van der Waals surface area (Å²) < 4.78 is 11.1. The van der Waals surface area contributed by atoms with Gasteiger partial charge in [0.15, 0.2) is 6.61 Å². The van der Waals surface area contributed by atoms with E-state index in [-0.39, 0.29) is 30.9 Å². The lowest BCUT2D eigenvalue weighted by Gasteiger charge is -2.16. The normalized spacial score (nSPS) is 15.8. The highest BCUT2D eigenvalue weighted by atomic mass is 32.2. The first-order chi connectivity index (χ1) is 15.9. The van der Waals surface area contributed by atoms with E-state index < -0.39 is 5.91 Å². The Hall–Kier alpha value is -3.33. The molecule has 1 atom stereocenters. The second-order valence-corrected chi connectivity index (χ2v) is 8.99. The van der Waals surface area contributed by atoms with Gasteiger partial charge in [0.1, 0.15) is 5.75 Å². The van der Waals surface area contributed by atoms with E-state index in [2.05, 4.69) is 29.4 Å². The maximum absolute atomic E-state index is 12.5. The molecule has 1 saturated heterocycles. The van der Waals surface area contributed by atoms with Crippen molar-refractivity contribution < 1.29 is 18.7 Å². The van der Waals surface area contributed by atoms with Gasteiger partial charge in [-0.3, -0.25) is 14.9 Å². The molecular weight excluding hydrogens is 440 g/mol. The van der Waals surface area contributed by atoms with E-state index in [1.807, 2.05) is 54.8 Å². The van der Waals surface area contributed by atoms with Crippen molar-refractivity contribution in [2.24, 2.45) is 0 Å². The number of aromatic nitrogens is 2. The number of nitrogens with one attached hydrogen (secondary N) is 1. The second kappa shape index (κ2) is 10.1. The zero-order chi connectivity index (χ0) is 23.4. The molecule has 0 spiro atoms. The lowest BCUT2D eigenvalue weighted by atomic mass is 10.0. The third-order valence-corrected chi connectivity index (χ3v) is 6.21. The Labute approximate surface area is 196 Å². The van der Waals surface area contributed by atoms with Gasteiger partial charge in [-0.2, -0.15) is 0 Å². The Morgan fingerprint density at radius 1 is 1.18 bits per heavy atom. The number of amides is 2. The highest BCUT2D eigenvalue weighted by molar-refractivity contribution is 7.98. The topological polar surface area (TPSA) is 97.6 Å². The third-order valence-electron chi connectivity index (χ3n) is 5.46. The summed E-state index contributed by atoms with van der Waals surface area (Å²) in [6.45, 7) is 4.50. The SMILES string of the molecule is CSc1ccc(N2CC(c3nnc(NC(=O)COc4ccc(C(C)C)cc4)o3)CC2=O)cc1. The maximum Gasteiger partial charge on any atom is 0.322 e. The number of carbonyl (C=O) groups is 2. The summed E-state index contributed by atoms with van der Waals surface area (Å²) in [6.07, 6.45) is 2.28. The molecule has 2 aromatic carbocycles. The molecule has 1 N–H and O–H groups in total. The summed E-state index contributed by atoms with van der Waals surface area (Å²) in [5, 5.41) is 10.5. The van der Waals surface area contributed by atoms with Gasteiger partial charge in [-0.25, -0.2) is 0 Å². The third kappa shape index (κ3) is 5.54. The number of anilines is 2. The minimum absolute atomic E-state index is 0.00225. The minimum Gasteiger partial charge on any atom is -0.484 e. The van der Waals surface area contributed by atoms with Crippen LogP contribution in [0.15, 0.2) is 57.8 Å². The van der Waals surface area contributed by atoms with Crippen LogP contribution < -0.4 is 15.0 Å². The zero-order valence-corrected chi connectivity index (χ0v) is 19.6. The molecule has 0 radical (unpaired) electrons. The highest BCUT2D eigenvalue weighted by Crippen LogP contribution is 2.32. The van der Waals surface area contributed by atoms with E-state index in [1.54, 1.807) is 16.7 Å². The van der Waals surface area contributed by atoms with Crippen LogP contribution in [0.1, 0.15) is 43.6 Å². The molecule has 8 nitrogen and oxygen atoms in total. The fourth-order valence-electron chi connectivity index (χ4n) is 3.59. The molecule has 1 aliphatic rings. The van der Waals surface area contributed by atoms with Crippen LogP contribution >= 0.6 is 11.8 Å². The monoisotopic (exact) mass is 466 g/mol. The molecule has 1 aromatic heterocycles. The van der Waals surface area contributed by atoms with Crippen LogP contribution in [-0.4, -0.2) is 41.4 Å². The van der Waals surface area contributed by atoms with Gasteiger partial charge in [-0.05, 0) is 54.1 Å². The van der Waals surface area contributed by atoms with Crippen molar-refractivity contribution in [3.63, 3.8) is 0 Å². The number of hydrogen-bond acceptors (Lipinski definition) is 7. The molecule has 0 aliphatic carbocycles. The number of hydrogen-bond donors (Lipinski definition) is 1. The predicted octanol–water partition coefficient (Wildman–Crippen LogP) is 4.45. The van der Waals surface area contributed by atoms with Crippen LogP contribution in [0.3, 0.4) is 0 Å². The molecule has 0 saturated carbocycles. The molecule has 172 valence electrons. The fraction of sp³-hybridized carbons (Fsp3) is 0.333. The van der Waals surface area contributed by atoms with Crippen molar-refractivity contribution in [2.45, 2.75) is 37.0 Å². The van der Waals surface area contributed by atoms with Crippen LogP contribution in [0, 0.1) is 0 Å². The highest BCUT2D eigenvalue weighted by Gasteiger charge is 2.35. The molecule has 33 heavy (non-hydrogen) atoms. The number of rotatable bonds is 8. The molecule has 2 amide bonds. The molecule has 1 unspecified atom stereocenters. The van der Waals surface area contributed by atoms with Gasteiger partial charge in [0.2, 0.25) is 11.8 Å². The average Bonchev–Trinajstić information content (AvgIpc) is 3.44. The van der Waals surface area contributed by atoms with Gasteiger partial charge in [0.05, 0.1) is 5.92 Å². The lowest BCUT2D eigenvalue weighted by molar-refractivity contribution is -0.118. The molecule has 1 fully saturated rings. The van der Waals surface area contributed by atoms with Gasteiger partial charge in [-0.1, -0.05) is 31.1 Å². The largest absolute Gasteiger partial charge is 0.484 e. The average molecular weight is 467 g/mol. The molecule has 4 rings (SSSR count). The number of thioether (sulfide) groups is 1. The van der Waals surface area contributed by atoms with E-state index >= 15 is 0 Å². The molecule has 0 bridgehead atoms. The lowest BCUT2D eigenvalue weighted by Crippen LogP contribution is -2.24. The van der Waals surface area contributed by atoms with Gasteiger partial charge in [0.25, 0.3) is 5.91 Å². The Morgan fingerprint density at radius 3 is 2.58 bits per heavy atom. The number of ether oxygens (including phenoxy) is 1. The van der Waals surface area contributed by atoms with Crippen LogP contribution in [-0.2, 0) is 9.59 Å². The van der Waals surface area contributed by atoms with Crippen LogP contribution in [0.5, 0.6) is 5.75 Å². The molecule has 1 aliphatic heterocycles.